The van der Waals surface area contributed by atoms with E-state index in [0.717, 1.165) is 5.56 Å². The van der Waals surface area contributed by atoms with Crippen molar-refractivity contribution in [2.45, 2.75) is 6.42 Å². The summed E-state index contributed by atoms with van der Waals surface area (Å²) in [6.45, 7) is 0. The highest BCUT2D eigenvalue weighted by molar-refractivity contribution is 7.92. The van der Waals surface area contributed by atoms with E-state index in [-0.39, 0.29) is 17.0 Å². The fourth-order valence-electron chi connectivity index (χ4n) is 1.72. The summed E-state index contributed by atoms with van der Waals surface area (Å²) in [6.07, 6.45) is 3.58. The van der Waals surface area contributed by atoms with Crippen LogP contribution >= 0.6 is 11.6 Å². The summed E-state index contributed by atoms with van der Waals surface area (Å²) in [6, 6.07) is 9.88. The van der Waals surface area contributed by atoms with E-state index in [0.29, 0.717) is 11.4 Å². The lowest BCUT2D eigenvalue weighted by atomic mass is 10.2. The Morgan fingerprint density at radius 2 is 1.95 bits per heavy atom. The van der Waals surface area contributed by atoms with Crippen LogP contribution in [-0.2, 0) is 16.4 Å². The van der Waals surface area contributed by atoms with Crippen molar-refractivity contribution >= 4 is 27.3 Å². The van der Waals surface area contributed by atoms with Gasteiger partial charge in [-0.15, -0.1) is 0 Å². The van der Waals surface area contributed by atoms with Gasteiger partial charge in [-0.25, -0.2) is 8.42 Å². The lowest BCUT2D eigenvalue weighted by Gasteiger charge is -2.09. The van der Waals surface area contributed by atoms with Crippen molar-refractivity contribution in [3.05, 3.63) is 58.9 Å². The van der Waals surface area contributed by atoms with E-state index in [1.807, 2.05) is 6.07 Å². The number of anilines is 1. The zero-order chi connectivity index (χ0) is 15.3. The maximum atomic E-state index is 12.1. The van der Waals surface area contributed by atoms with E-state index in [1.165, 1.54) is 18.2 Å². The molecular formula is C14H12ClN3O2S. The maximum absolute atomic E-state index is 12.1. The minimum Gasteiger partial charge on any atom is -0.282 e. The first-order valence-electron chi connectivity index (χ1n) is 6.09. The minimum absolute atomic E-state index is 0.0889. The lowest BCUT2D eigenvalue weighted by Crippen LogP contribution is -2.18. The van der Waals surface area contributed by atoms with Crippen LogP contribution in [0.5, 0.6) is 0 Å². The Balaban J connectivity index is 2.11. The van der Waals surface area contributed by atoms with Crippen LogP contribution in [0.1, 0.15) is 11.1 Å². The highest BCUT2D eigenvalue weighted by Gasteiger charge is 2.13. The molecular weight excluding hydrogens is 310 g/mol. The van der Waals surface area contributed by atoms with E-state index >= 15 is 0 Å². The number of pyridine rings is 1. The summed E-state index contributed by atoms with van der Waals surface area (Å²) in [5.74, 6) is -0.0889. The van der Waals surface area contributed by atoms with Crippen LogP contribution in [-0.4, -0.2) is 19.2 Å². The number of aryl methyl sites for hydroxylation is 1. The molecule has 108 valence electrons. The summed E-state index contributed by atoms with van der Waals surface area (Å²) in [4.78, 5) is 3.87. The molecule has 0 saturated heterocycles. The molecule has 0 aliphatic rings. The van der Waals surface area contributed by atoms with Gasteiger partial charge < -0.3 is 0 Å². The van der Waals surface area contributed by atoms with Gasteiger partial charge >= 0.3 is 0 Å². The quantitative estimate of drug-likeness (QED) is 0.917. The second-order valence-corrected chi connectivity index (χ2v) is 6.61. The molecule has 0 spiro atoms. The van der Waals surface area contributed by atoms with Gasteiger partial charge in [-0.3, -0.25) is 9.71 Å². The highest BCUT2D eigenvalue weighted by Crippen LogP contribution is 2.21. The summed E-state index contributed by atoms with van der Waals surface area (Å²) >= 11 is 5.82. The van der Waals surface area contributed by atoms with Crippen molar-refractivity contribution < 1.29 is 8.42 Å². The number of nitrogens with one attached hydrogen (secondary N) is 1. The van der Waals surface area contributed by atoms with Crippen LogP contribution in [0.25, 0.3) is 0 Å². The van der Waals surface area contributed by atoms with E-state index < -0.39 is 10.0 Å². The summed E-state index contributed by atoms with van der Waals surface area (Å²) in [7, 11) is -3.56. The van der Waals surface area contributed by atoms with Crippen LogP contribution < -0.4 is 4.72 Å². The standard InChI is InChI=1S/C14H12ClN3O2S/c15-13-2-1-12(10-16)14(9-13)18-21(19,20)8-5-11-3-6-17-7-4-11/h1-4,6-7,9,18H,5,8H2. The molecule has 0 fully saturated rings. The van der Waals surface area contributed by atoms with Gasteiger partial charge in [0, 0.05) is 17.4 Å². The number of nitriles is 1. The van der Waals surface area contributed by atoms with Gasteiger partial charge in [-0.2, -0.15) is 5.26 Å². The molecule has 5 nitrogen and oxygen atoms in total. The number of sulfonamides is 1. The molecule has 2 rings (SSSR count). The van der Waals surface area contributed by atoms with E-state index in [1.54, 1.807) is 24.5 Å². The molecule has 0 aliphatic heterocycles. The number of hydrogen-bond donors (Lipinski definition) is 1. The van der Waals surface area contributed by atoms with Crippen molar-refractivity contribution in [1.29, 1.82) is 5.26 Å². The third-order valence-corrected chi connectivity index (χ3v) is 4.28. The van der Waals surface area contributed by atoms with Crippen molar-refractivity contribution in [1.82, 2.24) is 4.98 Å². The van der Waals surface area contributed by atoms with Gasteiger partial charge in [-0.1, -0.05) is 11.6 Å². The highest BCUT2D eigenvalue weighted by atomic mass is 35.5. The Morgan fingerprint density at radius 1 is 1.24 bits per heavy atom. The minimum atomic E-state index is -3.56. The van der Waals surface area contributed by atoms with Crippen LogP contribution in [0.2, 0.25) is 5.02 Å². The molecule has 0 unspecified atom stereocenters. The largest absolute Gasteiger partial charge is 0.282 e. The van der Waals surface area contributed by atoms with Gasteiger partial charge in [0.15, 0.2) is 0 Å². The van der Waals surface area contributed by atoms with Gasteiger partial charge in [0.25, 0.3) is 0 Å². The van der Waals surface area contributed by atoms with Crippen LogP contribution in [0.3, 0.4) is 0 Å². The smallest absolute Gasteiger partial charge is 0.233 e. The van der Waals surface area contributed by atoms with Crippen molar-refractivity contribution in [2.24, 2.45) is 0 Å². The van der Waals surface area contributed by atoms with Crippen molar-refractivity contribution in [2.75, 3.05) is 10.5 Å². The van der Waals surface area contributed by atoms with E-state index in [4.69, 9.17) is 16.9 Å². The molecule has 1 aromatic heterocycles. The number of benzene rings is 1. The molecule has 0 radical (unpaired) electrons. The van der Waals surface area contributed by atoms with Gasteiger partial charge in [0.05, 0.1) is 17.0 Å². The normalized spacial score (nSPS) is 10.9. The Hall–Kier alpha value is -2.10. The second-order valence-electron chi connectivity index (χ2n) is 4.33. The Labute approximate surface area is 128 Å². The molecule has 1 N–H and O–H groups in total. The Morgan fingerprint density at radius 3 is 2.62 bits per heavy atom. The van der Waals surface area contributed by atoms with Gasteiger partial charge in [-0.05, 0) is 42.3 Å². The second kappa shape index (κ2) is 6.57. The fraction of sp³-hybridized carbons (Fsp3) is 0.143. The molecule has 1 heterocycles. The molecule has 0 amide bonds. The monoisotopic (exact) mass is 321 g/mol. The first-order chi connectivity index (χ1) is 10.00. The maximum Gasteiger partial charge on any atom is 0.233 e. The molecule has 2 aromatic rings. The van der Waals surface area contributed by atoms with Gasteiger partial charge in [0.1, 0.15) is 6.07 Å². The molecule has 7 heteroatoms. The number of hydrogen-bond acceptors (Lipinski definition) is 4. The molecule has 21 heavy (non-hydrogen) atoms. The number of nitrogens with zero attached hydrogens (tertiary/aromatic N) is 2. The number of aromatic nitrogens is 1. The third kappa shape index (κ3) is 4.45. The predicted octanol–water partition coefficient (Wildman–Crippen LogP) is 2.59. The van der Waals surface area contributed by atoms with Crippen LogP contribution in [0.4, 0.5) is 5.69 Å². The van der Waals surface area contributed by atoms with Crippen molar-refractivity contribution in [3.63, 3.8) is 0 Å². The van der Waals surface area contributed by atoms with E-state index in [2.05, 4.69) is 9.71 Å². The molecule has 0 bridgehead atoms. The zero-order valence-electron chi connectivity index (χ0n) is 11.0. The Bertz CT molecular complexity index is 771. The number of rotatable bonds is 5. The molecule has 1 aromatic carbocycles. The Kier molecular flexibility index (Phi) is 4.78. The van der Waals surface area contributed by atoms with E-state index in [9.17, 15) is 8.42 Å². The summed E-state index contributed by atoms with van der Waals surface area (Å²) in [5, 5.41) is 9.34. The topological polar surface area (TPSA) is 82.9 Å². The fourth-order valence-corrected chi connectivity index (χ4v) is 3.00. The van der Waals surface area contributed by atoms with Crippen LogP contribution in [0.15, 0.2) is 42.7 Å². The summed E-state index contributed by atoms with van der Waals surface area (Å²) < 4.78 is 26.5. The average Bonchev–Trinajstić information content (AvgIpc) is 2.46. The van der Waals surface area contributed by atoms with Crippen molar-refractivity contribution in [3.8, 4) is 6.07 Å². The summed E-state index contributed by atoms with van der Waals surface area (Å²) in [5.41, 5.74) is 1.30. The lowest BCUT2D eigenvalue weighted by molar-refractivity contribution is 0.600. The molecule has 0 atom stereocenters. The number of halogens is 1. The van der Waals surface area contributed by atoms with Crippen LogP contribution in [0, 0.1) is 11.3 Å². The third-order valence-electron chi connectivity index (χ3n) is 2.78. The predicted molar refractivity (Wildman–Crippen MR) is 81.5 cm³/mol. The zero-order valence-corrected chi connectivity index (χ0v) is 12.5. The first-order valence-corrected chi connectivity index (χ1v) is 8.12. The average molecular weight is 322 g/mol. The van der Waals surface area contributed by atoms with Gasteiger partial charge in [0.2, 0.25) is 10.0 Å². The molecule has 0 aliphatic carbocycles. The molecule has 0 saturated carbocycles. The first kappa shape index (κ1) is 15.3. The SMILES string of the molecule is N#Cc1ccc(Cl)cc1NS(=O)(=O)CCc1ccncc1.